The van der Waals surface area contributed by atoms with Crippen LogP contribution in [0.4, 0.5) is 10.1 Å². The van der Waals surface area contributed by atoms with Crippen molar-refractivity contribution in [3.63, 3.8) is 0 Å². The quantitative estimate of drug-likeness (QED) is 0.148. The summed E-state index contributed by atoms with van der Waals surface area (Å²) < 4.78 is 26.8. The van der Waals surface area contributed by atoms with Gasteiger partial charge in [-0.15, -0.1) is 0 Å². The van der Waals surface area contributed by atoms with Gasteiger partial charge in [0.15, 0.2) is 12.4 Å². The zero-order chi connectivity index (χ0) is 33.0. The second kappa shape index (κ2) is 14.3. The molecule has 0 unspecified atom stereocenters. The summed E-state index contributed by atoms with van der Waals surface area (Å²) in [6.45, 7) is 8.20. The molecule has 4 aromatic carbocycles. The van der Waals surface area contributed by atoms with Gasteiger partial charge in [-0.3, -0.25) is 9.59 Å². The number of carbonyl (C=O) groups is 1. The highest BCUT2D eigenvalue weighted by atomic mass is 79.9. The van der Waals surface area contributed by atoms with Gasteiger partial charge < -0.3 is 14.8 Å². The van der Waals surface area contributed by atoms with E-state index in [0.29, 0.717) is 44.1 Å². The van der Waals surface area contributed by atoms with Crippen LogP contribution in [0.2, 0.25) is 5.02 Å². The molecule has 0 saturated heterocycles. The molecule has 8 nitrogen and oxygen atoms in total. The number of hydrogen-bond acceptors (Lipinski definition) is 6. The van der Waals surface area contributed by atoms with Crippen molar-refractivity contribution >= 4 is 56.2 Å². The molecule has 1 aromatic heterocycles. The van der Waals surface area contributed by atoms with E-state index >= 15 is 0 Å². The van der Waals surface area contributed by atoms with Crippen LogP contribution < -0.4 is 20.3 Å². The Kier molecular flexibility index (Phi) is 10.2. The predicted molar refractivity (Wildman–Crippen MR) is 184 cm³/mol. The number of halogens is 3. The molecule has 46 heavy (non-hydrogen) atoms. The molecule has 5 rings (SSSR count). The molecule has 0 aliphatic heterocycles. The first-order chi connectivity index (χ1) is 22.0. The summed E-state index contributed by atoms with van der Waals surface area (Å²) in [4.78, 5) is 31.4. The first-order valence-electron chi connectivity index (χ1n) is 14.6. The van der Waals surface area contributed by atoms with Crippen molar-refractivity contribution in [3.8, 4) is 22.9 Å². The molecule has 0 radical (unpaired) electrons. The number of hydrogen-bond donors (Lipinski definition) is 1. The van der Waals surface area contributed by atoms with E-state index in [0.717, 1.165) is 22.4 Å². The van der Waals surface area contributed by atoms with Crippen LogP contribution in [-0.4, -0.2) is 35.0 Å². The lowest BCUT2D eigenvalue weighted by Gasteiger charge is -2.18. The monoisotopic (exact) mass is 704 g/mol. The van der Waals surface area contributed by atoms with Gasteiger partial charge in [-0.05, 0) is 107 Å². The fourth-order valence-electron chi connectivity index (χ4n) is 4.89. The molecule has 1 amide bonds. The number of para-hydroxylation sites is 1. The second-order valence-electron chi connectivity index (χ2n) is 10.8. The third-order valence-corrected chi connectivity index (χ3v) is 7.91. The van der Waals surface area contributed by atoms with E-state index in [4.69, 9.17) is 26.1 Å². The van der Waals surface area contributed by atoms with Crippen molar-refractivity contribution in [2.45, 2.75) is 33.6 Å². The third-order valence-electron chi connectivity index (χ3n) is 7.10. The third kappa shape index (κ3) is 7.29. The van der Waals surface area contributed by atoms with Crippen LogP contribution in [0.3, 0.4) is 0 Å². The maximum atomic E-state index is 13.9. The molecule has 0 fully saturated rings. The van der Waals surface area contributed by atoms with E-state index in [9.17, 15) is 14.0 Å². The summed E-state index contributed by atoms with van der Waals surface area (Å²) in [5, 5.41) is 8.05. The van der Waals surface area contributed by atoms with E-state index in [1.165, 1.54) is 35.2 Å². The Hall–Kier alpha value is -4.54. The van der Waals surface area contributed by atoms with E-state index in [-0.39, 0.29) is 23.8 Å². The lowest BCUT2D eigenvalue weighted by atomic mass is 9.96. The maximum absolute atomic E-state index is 13.9. The highest BCUT2D eigenvalue weighted by Crippen LogP contribution is 2.35. The summed E-state index contributed by atoms with van der Waals surface area (Å²) in [5.74, 6) is 0.695. The van der Waals surface area contributed by atoms with Gasteiger partial charge >= 0.3 is 0 Å². The predicted octanol–water partition coefficient (Wildman–Crippen LogP) is 8.35. The van der Waals surface area contributed by atoms with Crippen molar-refractivity contribution in [3.05, 3.63) is 115 Å². The number of fused-ring (bicyclic) bond motifs is 1. The molecule has 1 N–H and O–H groups in total. The van der Waals surface area contributed by atoms with Crippen LogP contribution >= 0.6 is 27.5 Å². The zero-order valence-electron chi connectivity index (χ0n) is 25.6. The number of nitrogens with one attached hydrogen (secondary N) is 1. The largest absolute Gasteiger partial charge is 0.494 e. The minimum absolute atomic E-state index is 0.147. The molecule has 0 atom stereocenters. The van der Waals surface area contributed by atoms with Crippen LogP contribution in [0.15, 0.2) is 87.2 Å². The zero-order valence-corrected chi connectivity index (χ0v) is 27.9. The lowest BCUT2D eigenvalue weighted by Crippen LogP contribution is -2.21. The molecular formula is C35H31BrClFN4O4. The number of amides is 1. The summed E-state index contributed by atoms with van der Waals surface area (Å²) >= 11 is 9.84. The van der Waals surface area contributed by atoms with Gasteiger partial charge in [0.2, 0.25) is 0 Å². The number of ether oxygens (including phenoxy) is 2. The highest BCUT2D eigenvalue weighted by molar-refractivity contribution is 9.10. The van der Waals surface area contributed by atoms with E-state index in [2.05, 4.69) is 40.2 Å². The van der Waals surface area contributed by atoms with E-state index in [1.807, 2.05) is 32.0 Å². The molecule has 0 aliphatic carbocycles. The number of aromatic nitrogens is 2. The number of benzene rings is 4. The van der Waals surface area contributed by atoms with Crippen LogP contribution in [0.5, 0.6) is 11.5 Å². The van der Waals surface area contributed by atoms with Crippen LogP contribution in [0, 0.1) is 12.7 Å². The van der Waals surface area contributed by atoms with E-state index < -0.39 is 11.7 Å². The number of aryl methyl sites for hydroxylation is 1. The van der Waals surface area contributed by atoms with E-state index in [1.54, 1.807) is 30.3 Å². The Balaban J connectivity index is 1.57. The van der Waals surface area contributed by atoms with Crippen LogP contribution in [0.1, 0.15) is 43.4 Å². The van der Waals surface area contributed by atoms with Gasteiger partial charge in [0.1, 0.15) is 17.3 Å². The minimum Gasteiger partial charge on any atom is -0.494 e. The Morgan fingerprint density at radius 3 is 2.57 bits per heavy atom. The van der Waals surface area contributed by atoms with Gasteiger partial charge in [-0.1, -0.05) is 37.6 Å². The standard InChI is InChI=1S/C35H31BrClFN4O4/c1-5-45-31-14-21(4)28(17-27(31)20(2)3)34-41-30-9-7-6-8-26(30)35(44)42(34)39-18-22-15-23(37)16-29(36)33(22)46-19-32(43)40-25-12-10-24(38)11-13-25/h6-18,20H,5,19H2,1-4H3,(H,40,43). The van der Waals surface area contributed by atoms with Crippen molar-refractivity contribution in [1.29, 1.82) is 0 Å². The molecular weight excluding hydrogens is 675 g/mol. The Morgan fingerprint density at radius 2 is 1.85 bits per heavy atom. The fraction of sp³-hybridized carbons (Fsp3) is 0.200. The van der Waals surface area contributed by atoms with Gasteiger partial charge in [0.25, 0.3) is 11.5 Å². The molecule has 0 bridgehead atoms. The molecule has 0 aliphatic rings. The van der Waals surface area contributed by atoms with Gasteiger partial charge in [0, 0.05) is 21.8 Å². The van der Waals surface area contributed by atoms with Crippen molar-refractivity contribution < 1.29 is 18.7 Å². The number of anilines is 1. The number of carbonyl (C=O) groups excluding carboxylic acids is 1. The lowest BCUT2D eigenvalue weighted by molar-refractivity contribution is -0.118. The molecule has 5 aromatic rings. The number of nitrogens with zero attached hydrogens (tertiary/aromatic N) is 3. The second-order valence-corrected chi connectivity index (χ2v) is 12.0. The smallest absolute Gasteiger partial charge is 0.282 e. The molecule has 0 spiro atoms. The summed E-state index contributed by atoms with van der Waals surface area (Å²) in [6.07, 6.45) is 1.44. The van der Waals surface area contributed by atoms with Crippen molar-refractivity contribution in [2.75, 3.05) is 18.5 Å². The van der Waals surface area contributed by atoms with Gasteiger partial charge in [-0.2, -0.15) is 9.78 Å². The first-order valence-corrected chi connectivity index (χ1v) is 15.7. The molecule has 0 saturated carbocycles. The van der Waals surface area contributed by atoms with Crippen molar-refractivity contribution in [1.82, 2.24) is 9.66 Å². The van der Waals surface area contributed by atoms with Gasteiger partial charge in [0.05, 0.1) is 28.2 Å². The average Bonchev–Trinajstić information content (AvgIpc) is 3.01. The van der Waals surface area contributed by atoms with Gasteiger partial charge in [-0.25, -0.2) is 9.37 Å². The Labute approximate surface area is 279 Å². The number of rotatable bonds is 10. The molecule has 11 heteroatoms. The summed E-state index contributed by atoms with van der Waals surface area (Å²) in [5.41, 5.74) is 3.58. The highest BCUT2D eigenvalue weighted by Gasteiger charge is 2.19. The Bertz CT molecular complexity index is 2010. The topological polar surface area (TPSA) is 94.8 Å². The maximum Gasteiger partial charge on any atom is 0.282 e. The minimum atomic E-state index is -0.458. The SMILES string of the molecule is CCOc1cc(C)c(-c2nc3ccccc3c(=O)n2N=Cc2cc(Cl)cc(Br)c2OCC(=O)Nc2ccc(F)cc2)cc1C(C)C. The Morgan fingerprint density at radius 1 is 1.11 bits per heavy atom. The molecule has 1 heterocycles. The van der Waals surface area contributed by atoms with Crippen LogP contribution in [0.25, 0.3) is 22.3 Å². The summed E-state index contributed by atoms with van der Waals surface area (Å²) in [6, 6.07) is 19.7. The summed E-state index contributed by atoms with van der Waals surface area (Å²) in [7, 11) is 0. The average molecular weight is 706 g/mol. The van der Waals surface area contributed by atoms with Crippen molar-refractivity contribution in [2.24, 2.45) is 5.10 Å². The fourth-order valence-corrected chi connectivity index (χ4v) is 5.84. The first kappa shape index (κ1) is 32.8. The molecule has 236 valence electrons. The van der Waals surface area contributed by atoms with Crippen LogP contribution in [-0.2, 0) is 4.79 Å². The normalized spacial score (nSPS) is 11.4.